The molecule has 8 heteroatoms. The molecule has 1 aromatic heterocycles. The number of halogens is 2. The minimum Gasteiger partial charge on any atom is -0.360 e. The molecule has 0 fully saturated rings. The number of hydrogen-bond acceptors (Lipinski definition) is 5. The summed E-state index contributed by atoms with van der Waals surface area (Å²) in [7, 11) is 0. The van der Waals surface area contributed by atoms with Crippen LogP contribution in [0.25, 0.3) is 10.6 Å². The summed E-state index contributed by atoms with van der Waals surface area (Å²) < 4.78 is 26.5. The molecule has 0 saturated heterocycles. The quantitative estimate of drug-likeness (QED) is 0.542. The minimum atomic E-state index is -2.81. The van der Waals surface area contributed by atoms with Crippen molar-refractivity contribution in [3.63, 3.8) is 0 Å². The molecule has 2 heterocycles. The van der Waals surface area contributed by atoms with Gasteiger partial charge in [-0.05, 0) is 42.2 Å². The molecule has 5 nitrogen and oxygen atoms in total. The van der Waals surface area contributed by atoms with E-state index in [-0.39, 0.29) is 11.5 Å². The van der Waals surface area contributed by atoms with Crippen LogP contribution < -0.4 is 10.6 Å². The van der Waals surface area contributed by atoms with Gasteiger partial charge in [0.15, 0.2) is 0 Å². The largest absolute Gasteiger partial charge is 0.360 e. The molecule has 3 aromatic rings. The molecular formula is C21H20F2N4OS. The predicted octanol–water partition coefficient (Wildman–Crippen LogP) is 4.86. The van der Waals surface area contributed by atoms with Gasteiger partial charge in [-0.2, -0.15) is 0 Å². The molecule has 1 aliphatic heterocycles. The Balaban J connectivity index is 1.29. The summed E-state index contributed by atoms with van der Waals surface area (Å²) in [6.07, 6.45) is 2.04. The van der Waals surface area contributed by atoms with E-state index in [1.165, 1.54) is 23.5 Å². The van der Waals surface area contributed by atoms with Crippen LogP contribution in [0.5, 0.6) is 0 Å². The van der Waals surface area contributed by atoms with E-state index < -0.39 is 5.92 Å². The number of benzene rings is 2. The first-order valence-corrected chi connectivity index (χ1v) is 10.2. The molecule has 0 atom stereocenters. The Morgan fingerprint density at radius 2 is 1.97 bits per heavy atom. The average Bonchev–Trinajstić information content (AvgIpc) is 3.30. The highest BCUT2D eigenvalue weighted by Gasteiger charge is 2.23. The van der Waals surface area contributed by atoms with Crippen LogP contribution in [0.15, 0.2) is 42.5 Å². The van der Waals surface area contributed by atoms with Gasteiger partial charge in [0.1, 0.15) is 5.01 Å². The summed E-state index contributed by atoms with van der Waals surface area (Å²) in [5.41, 5.74) is 3.84. The highest BCUT2D eigenvalue weighted by atomic mass is 32.1. The maximum atomic E-state index is 13.2. The fourth-order valence-electron chi connectivity index (χ4n) is 3.23. The van der Waals surface area contributed by atoms with Gasteiger partial charge in [0.25, 0.3) is 5.92 Å². The minimum absolute atomic E-state index is 0.00909. The summed E-state index contributed by atoms with van der Waals surface area (Å²) in [6.45, 7) is 1.62. The maximum absolute atomic E-state index is 13.2. The Bertz CT molecular complexity index is 1030. The normalized spacial score (nSPS) is 13.3. The van der Waals surface area contributed by atoms with Crippen LogP contribution >= 0.6 is 11.3 Å². The molecule has 0 spiro atoms. The lowest BCUT2D eigenvalue weighted by molar-refractivity contribution is -0.115. The SMILES string of the molecule is CC(F)(F)c1ccc(CCCNc2nnc(-c3ccc4c(c3)CC(=O)N4)s2)cc1. The summed E-state index contributed by atoms with van der Waals surface area (Å²) >= 11 is 1.46. The van der Waals surface area contributed by atoms with Gasteiger partial charge in [0.2, 0.25) is 11.0 Å². The topological polar surface area (TPSA) is 66.9 Å². The fraction of sp³-hybridized carbons (Fsp3) is 0.286. The van der Waals surface area contributed by atoms with E-state index in [1.807, 2.05) is 18.2 Å². The summed E-state index contributed by atoms with van der Waals surface area (Å²) in [5, 5.41) is 16.0. The Morgan fingerprint density at radius 1 is 1.17 bits per heavy atom. The number of anilines is 2. The van der Waals surface area contributed by atoms with Crippen LogP contribution in [0.4, 0.5) is 19.6 Å². The van der Waals surface area contributed by atoms with Crippen molar-refractivity contribution >= 4 is 28.1 Å². The lowest BCUT2D eigenvalue weighted by atomic mass is 10.0. The van der Waals surface area contributed by atoms with Crippen molar-refractivity contribution in [2.75, 3.05) is 17.2 Å². The molecule has 150 valence electrons. The van der Waals surface area contributed by atoms with Crippen molar-refractivity contribution in [1.29, 1.82) is 0 Å². The second-order valence-electron chi connectivity index (χ2n) is 7.12. The Morgan fingerprint density at radius 3 is 2.72 bits per heavy atom. The number of rotatable bonds is 7. The van der Waals surface area contributed by atoms with Gasteiger partial charge < -0.3 is 10.6 Å². The van der Waals surface area contributed by atoms with Crippen LogP contribution in [-0.2, 0) is 23.6 Å². The fourth-order valence-corrected chi connectivity index (χ4v) is 3.99. The molecule has 1 amide bonds. The number of carbonyl (C=O) groups excluding carboxylic acids is 1. The number of aryl methyl sites for hydroxylation is 1. The molecule has 0 aliphatic carbocycles. The van der Waals surface area contributed by atoms with Gasteiger partial charge in [-0.25, -0.2) is 8.78 Å². The Kier molecular flexibility index (Phi) is 5.27. The molecule has 29 heavy (non-hydrogen) atoms. The zero-order chi connectivity index (χ0) is 20.4. The third kappa shape index (κ3) is 4.59. The van der Waals surface area contributed by atoms with Crippen molar-refractivity contribution in [1.82, 2.24) is 10.2 Å². The monoisotopic (exact) mass is 414 g/mol. The van der Waals surface area contributed by atoms with Gasteiger partial charge in [-0.1, -0.05) is 35.6 Å². The molecule has 1 aliphatic rings. The molecule has 0 saturated carbocycles. The van der Waals surface area contributed by atoms with Gasteiger partial charge in [0.05, 0.1) is 6.42 Å². The summed E-state index contributed by atoms with van der Waals surface area (Å²) in [5.74, 6) is -2.80. The molecule has 0 bridgehead atoms. The van der Waals surface area contributed by atoms with Gasteiger partial charge >= 0.3 is 0 Å². The first-order valence-electron chi connectivity index (χ1n) is 9.36. The summed E-state index contributed by atoms with van der Waals surface area (Å²) in [6, 6.07) is 12.3. The first kappa shape index (κ1) is 19.4. The van der Waals surface area contributed by atoms with Gasteiger partial charge in [0, 0.05) is 30.3 Å². The highest BCUT2D eigenvalue weighted by Crippen LogP contribution is 2.32. The van der Waals surface area contributed by atoms with Crippen LogP contribution in [-0.4, -0.2) is 22.6 Å². The molecule has 2 N–H and O–H groups in total. The van der Waals surface area contributed by atoms with Crippen molar-refractivity contribution in [3.05, 3.63) is 59.2 Å². The Hall–Kier alpha value is -2.87. The number of aromatic nitrogens is 2. The van der Waals surface area contributed by atoms with Crippen LogP contribution in [0.1, 0.15) is 30.0 Å². The predicted molar refractivity (Wildman–Crippen MR) is 110 cm³/mol. The number of alkyl halides is 2. The highest BCUT2D eigenvalue weighted by molar-refractivity contribution is 7.18. The van der Waals surface area contributed by atoms with Crippen LogP contribution in [0.2, 0.25) is 0 Å². The van der Waals surface area contributed by atoms with E-state index in [9.17, 15) is 13.6 Å². The molecule has 2 aromatic carbocycles. The first-order chi connectivity index (χ1) is 13.9. The van der Waals surface area contributed by atoms with E-state index in [2.05, 4.69) is 20.8 Å². The maximum Gasteiger partial charge on any atom is 0.270 e. The molecule has 0 unspecified atom stereocenters. The molecular weight excluding hydrogens is 394 g/mol. The number of hydrogen-bond donors (Lipinski definition) is 2. The average molecular weight is 414 g/mol. The zero-order valence-corrected chi connectivity index (χ0v) is 16.7. The van der Waals surface area contributed by atoms with Crippen LogP contribution in [0.3, 0.4) is 0 Å². The number of nitrogens with one attached hydrogen (secondary N) is 2. The van der Waals surface area contributed by atoms with Crippen molar-refractivity contribution in [3.8, 4) is 10.6 Å². The van der Waals surface area contributed by atoms with E-state index in [0.29, 0.717) is 13.0 Å². The lowest BCUT2D eigenvalue weighted by Crippen LogP contribution is -2.07. The molecule has 0 radical (unpaired) electrons. The summed E-state index contributed by atoms with van der Waals surface area (Å²) in [4.78, 5) is 11.5. The standard InChI is InChI=1S/C21H20F2N4OS/c1-21(22,23)16-7-4-13(5-8-16)3-2-10-24-20-27-26-19(29-20)14-6-9-17-15(11-14)12-18(28)25-17/h4-9,11H,2-3,10,12H2,1H3,(H,24,27)(H,25,28). The number of nitrogens with zero attached hydrogens (tertiary/aromatic N) is 2. The Labute approximate surface area is 171 Å². The number of amides is 1. The van der Waals surface area contributed by atoms with E-state index in [0.717, 1.165) is 52.3 Å². The van der Waals surface area contributed by atoms with Gasteiger partial charge in [-0.3, -0.25) is 4.79 Å². The van der Waals surface area contributed by atoms with Crippen molar-refractivity contribution in [2.24, 2.45) is 0 Å². The van der Waals surface area contributed by atoms with Crippen LogP contribution in [0, 0.1) is 0 Å². The van der Waals surface area contributed by atoms with Crippen molar-refractivity contribution in [2.45, 2.75) is 32.1 Å². The van der Waals surface area contributed by atoms with E-state index in [1.54, 1.807) is 12.1 Å². The third-order valence-electron chi connectivity index (χ3n) is 4.78. The molecule has 4 rings (SSSR count). The van der Waals surface area contributed by atoms with Gasteiger partial charge in [-0.15, -0.1) is 10.2 Å². The third-order valence-corrected chi connectivity index (χ3v) is 5.71. The van der Waals surface area contributed by atoms with E-state index in [4.69, 9.17) is 0 Å². The van der Waals surface area contributed by atoms with Crippen molar-refractivity contribution < 1.29 is 13.6 Å². The second-order valence-corrected chi connectivity index (χ2v) is 8.10. The lowest BCUT2D eigenvalue weighted by Gasteiger charge is -2.11. The second kappa shape index (κ2) is 7.87. The smallest absolute Gasteiger partial charge is 0.270 e. The number of fused-ring (bicyclic) bond motifs is 1. The van der Waals surface area contributed by atoms with E-state index >= 15 is 0 Å². The number of carbonyl (C=O) groups is 1. The zero-order valence-electron chi connectivity index (χ0n) is 15.8.